The molecule has 372 valence electrons. The van der Waals surface area contributed by atoms with Crippen LogP contribution in [0.5, 0.6) is 11.5 Å². The summed E-state index contributed by atoms with van der Waals surface area (Å²) in [5, 5.41) is 9.11. The second-order valence-electron chi connectivity index (χ2n) is 21.8. The Kier molecular flexibility index (Phi) is 14.4. The summed E-state index contributed by atoms with van der Waals surface area (Å²) in [5.41, 5.74) is 7.20. The van der Waals surface area contributed by atoms with Crippen LogP contribution in [0.15, 0.2) is 97.1 Å². The fourth-order valence-electron chi connectivity index (χ4n) is 10.2. The molecule has 0 aliphatic carbocycles. The normalized spacial score (nSPS) is 18.1. The Labute approximate surface area is 428 Å². The molecule has 0 radical (unpaired) electrons. The Bertz CT molecular complexity index is 3010. The average molecular weight is 998 g/mol. The SMILES string of the molecule is Cc1cc(-c2cc3c(cc2Cl)N(CC2CN(C(=O)OC(C)(C)C)C2)C(=O)C(CC(C)C)O3)c2ccccc2c1.Cc1cc(-c2cc3c(cc2Cl)N(CC2CNC2)C(=O)C(CC(C)C)O3)c2ccccc2c1. The molecule has 4 aliphatic heterocycles. The maximum atomic E-state index is 13.6. The lowest BCUT2D eigenvalue weighted by atomic mass is 9.94. The number of fused-ring (bicyclic) bond motifs is 4. The number of halogens is 2. The van der Waals surface area contributed by atoms with Crippen molar-refractivity contribution in [3.63, 3.8) is 0 Å². The molecule has 10 rings (SSSR count). The summed E-state index contributed by atoms with van der Waals surface area (Å²) < 4.78 is 18.2. The summed E-state index contributed by atoms with van der Waals surface area (Å²) in [6.45, 7) is 22.3. The Morgan fingerprint density at radius 3 is 1.49 bits per heavy atom. The van der Waals surface area contributed by atoms with E-state index in [1.165, 1.54) is 10.9 Å². The number of likely N-dealkylation sites (tertiary alicyclic amines) is 1. The van der Waals surface area contributed by atoms with Crippen molar-refractivity contribution >= 4 is 74.0 Å². The number of carbonyl (C=O) groups is 3. The molecule has 0 aromatic heterocycles. The molecule has 71 heavy (non-hydrogen) atoms. The largest absolute Gasteiger partial charge is 0.478 e. The third-order valence-electron chi connectivity index (χ3n) is 13.6. The molecule has 2 unspecified atom stereocenters. The van der Waals surface area contributed by atoms with Crippen molar-refractivity contribution < 1.29 is 28.6 Å². The number of aryl methyl sites for hydroxylation is 2. The van der Waals surface area contributed by atoms with Gasteiger partial charge in [0, 0.05) is 62.2 Å². The van der Waals surface area contributed by atoms with Crippen LogP contribution < -0.4 is 24.6 Å². The van der Waals surface area contributed by atoms with Crippen LogP contribution >= 0.6 is 23.2 Å². The second-order valence-corrected chi connectivity index (χ2v) is 22.6. The molecule has 4 aliphatic rings. The fraction of sp³-hybridized carbons (Fsp3) is 0.407. The highest BCUT2D eigenvalue weighted by Crippen LogP contribution is 2.47. The Morgan fingerprint density at radius 1 is 0.648 bits per heavy atom. The van der Waals surface area contributed by atoms with E-state index in [4.69, 9.17) is 37.4 Å². The van der Waals surface area contributed by atoms with Crippen LogP contribution in [-0.4, -0.2) is 79.9 Å². The van der Waals surface area contributed by atoms with E-state index in [9.17, 15) is 14.4 Å². The Morgan fingerprint density at radius 2 is 1.08 bits per heavy atom. The minimum atomic E-state index is -0.567. The van der Waals surface area contributed by atoms with Crippen LogP contribution in [0.25, 0.3) is 43.8 Å². The quantitative estimate of drug-likeness (QED) is 0.146. The number of benzene rings is 6. The van der Waals surface area contributed by atoms with Crippen molar-refractivity contribution in [2.45, 2.75) is 93.0 Å². The lowest BCUT2D eigenvalue weighted by molar-refractivity contribution is -0.128. The summed E-state index contributed by atoms with van der Waals surface area (Å²) in [4.78, 5) is 44.8. The second kappa shape index (κ2) is 20.4. The highest BCUT2D eigenvalue weighted by atomic mass is 35.5. The standard InChI is InChI=1S/C32H37ClN2O4.C27H29ClN2O2/c1-19(2)11-29-30(36)35(18-21-16-34(17-21)31(37)39-32(4,5)6)27-15-26(33)25(14-28(27)38-29)24-13-20(3)12-22-9-7-8-10-23(22)24;1-16(2)8-26-27(31)30(15-18-13-29-14-18)24-12-23(28)22(11-25(24)32-26)21-10-17(3)9-19-6-4-5-7-20(19)21/h7-10,12-15,19,21,29H,11,16-18H2,1-6H3;4-7,9-12,16,18,26,29H,8,13-15H2,1-3H3. The third-order valence-corrected chi connectivity index (χ3v) is 14.2. The van der Waals surface area contributed by atoms with Gasteiger partial charge in [0.1, 0.15) is 17.1 Å². The van der Waals surface area contributed by atoms with Gasteiger partial charge in [0.05, 0.1) is 21.4 Å². The first kappa shape index (κ1) is 50.1. The van der Waals surface area contributed by atoms with Gasteiger partial charge in [-0.05, 0) is 127 Å². The van der Waals surface area contributed by atoms with Crippen LogP contribution in [0.3, 0.4) is 0 Å². The Balaban J connectivity index is 0.000000179. The molecule has 0 spiro atoms. The summed E-state index contributed by atoms with van der Waals surface area (Å²) in [5.74, 6) is 2.65. The van der Waals surface area contributed by atoms with Crippen LogP contribution in [0.2, 0.25) is 10.0 Å². The number of anilines is 2. The van der Waals surface area contributed by atoms with Crippen molar-refractivity contribution in [3.8, 4) is 33.8 Å². The van der Waals surface area contributed by atoms with Gasteiger partial charge in [-0.1, -0.05) is 124 Å². The van der Waals surface area contributed by atoms with E-state index in [1.54, 1.807) is 4.90 Å². The van der Waals surface area contributed by atoms with Gasteiger partial charge in [0.2, 0.25) is 0 Å². The number of rotatable bonds is 10. The molecule has 0 bridgehead atoms. The molecule has 6 aromatic rings. The van der Waals surface area contributed by atoms with E-state index in [0.29, 0.717) is 78.3 Å². The van der Waals surface area contributed by atoms with Crippen LogP contribution in [0, 0.1) is 37.5 Å². The van der Waals surface area contributed by atoms with E-state index >= 15 is 0 Å². The predicted molar refractivity (Wildman–Crippen MR) is 288 cm³/mol. The Hall–Kier alpha value is -5.81. The van der Waals surface area contributed by atoms with Gasteiger partial charge in [-0.2, -0.15) is 0 Å². The number of ether oxygens (including phenoxy) is 3. The average Bonchev–Trinajstić information content (AvgIpc) is 3.26. The molecular weight excluding hydrogens is 932 g/mol. The smallest absolute Gasteiger partial charge is 0.410 e. The molecule has 1 N–H and O–H groups in total. The zero-order chi connectivity index (χ0) is 50.5. The molecule has 2 fully saturated rings. The van der Waals surface area contributed by atoms with Crippen LogP contribution in [-0.2, 0) is 14.3 Å². The van der Waals surface area contributed by atoms with Gasteiger partial charge < -0.3 is 34.2 Å². The minimum absolute atomic E-state index is 0.0444. The first-order chi connectivity index (χ1) is 33.8. The first-order valence-electron chi connectivity index (χ1n) is 25.1. The number of hydrogen-bond acceptors (Lipinski definition) is 7. The van der Waals surface area contributed by atoms with Gasteiger partial charge in [-0.3, -0.25) is 9.59 Å². The van der Waals surface area contributed by atoms with Gasteiger partial charge >= 0.3 is 6.09 Å². The lowest BCUT2D eigenvalue weighted by Crippen LogP contribution is -2.57. The predicted octanol–water partition coefficient (Wildman–Crippen LogP) is 13.3. The van der Waals surface area contributed by atoms with Gasteiger partial charge in [0.15, 0.2) is 12.2 Å². The maximum Gasteiger partial charge on any atom is 0.410 e. The minimum Gasteiger partial charge on any atom is -0.478 e. The van der Waals surface area contributed by atoms with Gasteiger partial charge in [-0.25, -0.2) is 4.79 Å². The molecule has 6 aromatic carbocycles. The van der Waals surface area contributed by atoms with Crippen LogP contribution in [0.1, 0.15) is 72.4 Å². The highest BCUT2D eigenvalue weighted by molar-refractivity contribution is 6.35. The molecule has 4 heterocycles. The lowest BCUT2D eigenvalue weighted by Gasteiger charge is -2.43. The van der Waals surface area contributed by atoms with Crippen molar-refractivity contribution in [2.75, 3.05) is 49.1 Å². The molecule has 2 atom stereocenters. The molecule has 10 nitrogen and oxygen atoms in total. The van der Waals surface area contributed by atoms with E-state index in [2.05, 4.69) is 108 Å². The monoisotopic (exact) mass is 996 g/mol. The molecule has 3 amide bonds. The molecule has 12 heteroatoms. The number of nitrogens with one attached hydrogen (secondary N) is 1. The van der Waals surface area contributed by atoms with E-state index in [1.807, 2.05) is 67.0 Å². The molecular formula is C59H66Cl2N4O6. The van der Waals surface area contributed by atoms with Crippen molar-refractivity contribution in [1.29, 1.82) is 0 Å². The van der Waals surface area contributed by atoms with Crippen molar-refractivity contribution in [2.24, 2.45) is 23.7 Å². The number of carbonyl (C=O) groups excluding carboxylic acids is 3. The van der Waals surface area contributed by atoms with Crippen molar-refractivity contribution in [3.05, 3.63) is 118 Å². The zero-order valence-corrected chi connectivity index (χ0v) is 43.9. The van der Waals surface area contributed by atoms with E-state index in [-0.39, 0.29) is 23.8 Å². The number of hydrogen-bond donors (Lipinski definition) is 1. The molecule has 2 saturated heterocycles. The van der Waals surface area contributed by atoms with Gasteiger partial charge in [0.25, 0.3) is 11.8 Å². The van der Waals surface area contributed by atoms with Gasteiger partial charge in [-0.15, -0.1) is 0 Å². The first-order valence-corrected chi connectivity index (χ1v) is 25.9. The topological polar surface area (TPSA) is 101 Å². The number of amides is 3. The summed E-state index contributed by atoms with van der Waals surface area (Å²) in [6.07, 6.45) is -0.0254. The summed E-state index contributed by atoms with van der Waals surface area (Å²) >= 11 is 13.8. The third kappa shape index (κ3) is 10.9. The fourth-order valence-corrected chi connectivity index (χ4v) is 10.7. The summed E-state index contributed by atoms with van der Waals surface area (Å²) in [7, 11) is 0. The van der Waals surface area contributed by atoms with E-state index in [0.717, 1.165) is 68.5 Å². The van der Waals surface area contributed by atoms with Crippen molar-refractivity contribution in [1.82, 2.24) is 10.2 Å². The zero-order valence-electron chi connectivity index (χ0n) is 42.4. The van der Waals surface area contributed by atoms with E-state index < -0.39 is 17.8 Å². The number of nitrogens with zero attached hydrogens (tertiary/aromatic N) is 3. The maximum absolute atomic E-state index is 13.6. The molecule has 0 saturated carbocycles. The highest BCUT2D eigenvalue weighted by Gasteiger charge is 2.41. The summed E-state index contributed by atoms with van der Waals surface area (Å²) in [6, 6.07) is 33.1. The van der Waals surface area contributed by atoms with Crippen LogP contribution in [0.4, 0.5) is 16.2 Å².